The van der Waals surface area contributed by atoms with Crippen LogP contribution in [0.4, 0.5) is 0 Å². The van der Waals surface area contributed by atoms with Crippen LogP contribution in [0.25, 0.3) is 0 Å². The highest BCUT2D eigenvalue weighted by Gasteiger charge is 2.41. The maximum absolute atomic E-state index is 2.52. The number of aryl methyl sites for hydroxylation is 4. The summed E-state index contributed by atoms with van der Waals surface area (Å²) in [5.74, 6) is 2.44. The quantitative estimate of drug-likeness (QED) is 0.0507. The molecule has 362 valence electrons. The van der Waals surface area contributed by atoms with Crippen molar-refractivity contribution < 1.29 is 0 Å². The van der Waals surface area contributed by atoms with Crippen LogP contribution in [0.5, 0.6) is 0 Å². The van der Waals surface area contributed by atoms with E-state index in [2.05, 4.69) is 267 Å². The molecule has 0 aromatic heterocycles. The fraction of sp³-hybridized carbons (Fsp3) is 0.250. The molecule has 0 aliphatic rings. The standard InChI is InChI=1S/C72H74/c1-9-26-57(27-10-1)44-45-65-42-25-43-66(50-65)47-49-68(52-60-32-15-4-16-33-60)70(54-62-36-19-6-20-37-62)72(56-64-40-23-8-24-41-64)71(55-63-38-21-7-22-39-63)69(53-61-34-17-5-18-35-61)67(51-59-30-13-3-14-31-59)48-46-58-28-11-2-12-29-58/h1-43,50,67-72H,44-49,51-56H2. The topological polar surface area (TPSA) is 0 Å². The zero-order valence-electron chi connectivity index (χ0n) is 42.4. The summed E-state index contributed by atoms with van der Waals surface area (Å²) in [6, 6.07) is 101. The molecule has 6 unspecified atom stereocenters. The first kappa shape index (κ1) is 49.9. The van der Waals surface area contributed by atoms with Crippen molar-refractivity contribution in [2.75, 3.05) is 0 Å². The molecule has 9 aromatic rings. The fourth-order valence-corrected chi connectivity index (χ4v) is 12.1. The summed E-state index contributed by atoms with van der Waals surface area (Å²) >= 11 is 0. The van der Waals surface area contributed by atoms with Crippen molar-refractivity contribution in [1.82, 2.24) is 0 Å². The largest absolute Gasteiger partial charge is 0.0622 e. The third-order valence-corrected chi connectivity index (χ3v) is 15.8. The summed E-state index contributed by atoms with van der Waals surface area (Å²) in [6.45, 7) is 0. The van der Waals surface area contributed by atoms with Crippen molar-refractivity contribution in [2.45, 2.75) is 77.0 Å². The van der Waals surface area contributed by atoms with Crippen LogP contribution in [-0.4, -0.2) is 0 Å². The first-order valence-corrected chi connectivity index (χ1v) is 27.1. The van der Waals surface area contributed by atoms with E-state index in [4.69, 9.17) is 0 Å². The third-order valence-electron chi connectivity index (χ3n) is 15.8. The minimum Gasteiger partial charge on any atom is -0.0622 e. The van der Waals surface area contributed by atoms with Crippen LogP contribution in [0, 0.1) is 35.5 Å². The molecule has 0 heterocycles. The third kappa shape index (κ3) is 15.2. The number of benzene rings is 9. The molecule has 72 heavy (non-hydrogen) atoms. The lowest BCUT2D eigenvalue weighted by molar-refractivity contribution is 0.0773. The molecule has 0 saturated heterocycles. The predicted octanol–water partition coefficient (Wildman–Crippen LogP) is 17.2. The van der Waals surface area contributed by atoms with Crippen molar-refractivity contribution >= 4 is 0 Å². The van der Waals surface area contributed by atoms with E-state index >= 15 is 0 Å². The summed E-state index contributed by atoms with van der Waals surface area (Å²) in [6.07, 6.45) is 12.8. The lowest BCUT2D eigenvalue weighted by Crippen LogP contribution is -2.41. The second kappa shape index (κ2) is 27.0. The van der Waals surface area contributed by atoms with E-state index in [0.29, 0.717) is 35.5 Å². The average Bonchev–Trinajstić information content (AvgIpc) is 3.45. The summed E-state index contributed by atoms with van der Waals surface area (Å²) < 4.78 is 0. The molecule has 0 amide bonds. The van der Waals surface area contributed by atoms with Gasteiger partial charge in [0, 0.05) is 0 Å². The Labute approximate surface area is 432 Å². The minimum absolute atomic E-state index is 0.377. The Morgan fingerprint density at radius 1 is 0.181 bits per heavy atom. The molecule has 9 aromatic carbocycles. The first-order valence-electron chi connectivity index (χ1n) is 27.1. The predicted molar refractivity (Wildman–Crippen MR) is 305 cm³/mol. The fourth-order valence-electron chi connectivity index (χ4n) is 12.1. The van der Waals surface area contributed by atoms with Gasteiger partial charge < -0.3 is 0 Å². The Morgan fingerprint density at radius 3 is 0.736 bits per heavy atom. The lowest BCUT2D eigenvalue weighted by atomic mass is 9.59. The molecular weight excluding hydrogens is 865 g/mol. The summed E-state index contributed by atoms with van der Waals surface area (Å²) in [4.78, 5) is 0. The normalized spacial score (nSPS) is 13.9. The van der Waals surface area contributed by atoms with Gasteiger partial charge in [0.05, 0.1) is 0 Å². The van der Waals surface area contributed by atoms with E-state index in [1.165, 1.54) is 55.6 Å². The van der Waals surface area contributed by atoms with Gasteiger partial charge in [0.2, 0.25) is 0 Å². The molecule has 0 aliphatic carbocycles. The van der Waals surface area contributed by atoms with E-state index in [9.17, 15) is 0 Å². The zero-order chi connectivity index (χ0) is 48.8. The van der Waals surface area contributed by atoms with Gasteiger partial charge in [-0.1, -0.05) is 267 Å². The van der Waals surface area contributed by atoms with Crippen LogP contribution < -0.4 is 0 Å². The highest BCUT2D eigenvalue weighted by atomic mass is 14.5. The summed E-state index contributed by atoms with van der Waals surface area (Å²) in [7, 11) is 0. The molecule has 0 bridgehead atoms. The number of hydrogen-bond donors (Lipinski definition) is 0. The van der Waals surface area contributed by atoms with Gasteiger partial charge in [-0.15, -0.1) is 0 Å². The SMILES string of the molecule is c1ccc(CCc2cccc(CCC(Cc3ccccc3)C(Cc3ccccc3)C(Cc3ccccc3)C(Cc3ccccc3)C(Cc3ccccc3)C(CCc3ccccc3)Cc3ccccc3)c2)cc1. The second-order valence-electron chi connectivity index (χ2n) is 20.7. The molecule has 0 heteroatoms. The van der Waals surface area contributed by atoms with E-state index in [1.807, 2.05) is 0 Å². The zero-order valence-corrected chi connectivity index (χ0v) is 42.4. The monoisotopic (exact) mass is 939 g/mol. The second-order valence-corrected chi connectivity index (χ2v) is 20.7. The van der Waals surface area contributed by atoms with Crippen LogP contribution in [-0.2, 0) is 64.2 Å². The molecule has 0 aliphatic heterocycles. The Balaban J connectivity index is 1.19. The van der Waals surface area contributed by atoms with E-state index < -0.39 is 0 Å². The lowest BCUT2D eigenvalue weighted by Gasteiger charge is -2.45. The van der Waals surface area contributed by atoms with Crippen LogP contribution >= 0.6 is 0 Å². The number of rotatable bonds is 26. The highest BCUT2D eigenvalue weighted by molar-refractivity contribution is 5.28. The van der Waals surface area contributed by atoms with E-state index in [0.717, 1.165) is 77.0 Å². The van der Waals surface area contributed by atoms with E-state index in [-0.39, 0.29) is 0 Å². The van der Waals surface area contributed by atoms with Crippen LogP contribution in [0.1, 0.15) is 68.5 Å². The van der Waals surface area contributed by atoms with Gasteiger partial charge in [-0.3, -0.25) is 0 Å². The van der Waals surface area contributed by atoms with Gasteiger partial charge in [-0.05, 0) is 168 Å². The molecule has 0 radical (unpaired) electrons. The molecule has 6 atom stereocenters. The van der Waals surface area contributed by atoms with Gasteiger partial charge in [0.25, 0.3) is 0 Å². The van der Waals surface area contributed by atoms with E-state index in [1.54, 1.807) is 0 Å². The van der Waals surface area contributed by atoms with Crippen molar-refractivity contribution in [3.05, 3.63) is 323 Å². The van der Waals surface area contributed by atoms with Crippen molar-refractivity contribution in [1.29, 1.82) is 0 Å². The maximum Gasteiger partial charge on any atom is -0.0238 e. The molecule has 0 saturated carbocycles. The van der Waals surface area contributed by atoms with Crippen molar-refractivity contribution in [3.8, 4) is 0 Å². The Morgan fingerprint density at radius 2 is 0.403 bits per heavy atom. The smallest absolute Gasteiger partial charge is 0.0238 e. The Bertz CT molecular complexity index is 2840. The van der Waals surface area contributed by atoms with Gasteiger partial charge in [0.1, 0.15) is 0 Å². The van der Waals surface area contributed by atoms with Crippen LogP contribution in [0.15, 0.2) is 267 Å². The summed E-state index contributed by atoms with van der Waals surface area (Å²) in [5.41, 5.74) is 14.4. The molecule has 9 rings (SSSR count). The highest BCUT2D eigenvalue weighted by Crippen LogP contribution is 2.46. The van der Waals surface area contributed by atoms with Crippen molar-refractivity contribution in [2.24, 2.45) is 35.5 Å². The molecule has 0 N–H and O–H groups in total. The van der Waals surface area contributed by atoms with Crippen LogP contribution in [0.2, 0.25) is 0 Å². The Hall–Kier alpha value is -7.02. The molecule has 0 spiro atoms. The summed E-state index contributed by atoms with van der Waals surface area (Å²) in [5, 5.41) is 0. The average molecular weight is 939 g/mol. The van der Waals surface area contributed by atoms with Gasteiger partial charge in [0.15, 0.2) is 0 Å². The van der Waals surface area contributed by atoms with Gasteiger partial charge in [-0.25, -0.2) is 0 Å². The molecule has 0 fully saturated rings. The maximum atomic E-state index is 2.52. The Kier molecular flexibility index (Phi) is 18.7. The number of hydrogen-bond acceptors (Lipinski definition) is 0. The molecule has 0 nitrogen and oxygen atoms in total. The minimum atomic E-state index is 0.377. The molecular formula is C72H74. The first-order chi connectivity index (χ1) is 35.7. The van der Waals surface area contributed by atoms with Gasteiger partial charge in [-0.2, -0.15) is 0 Å². The van der Waals surface area contributed by atoms with Gasteiger partial charge >= 0.3 is 0 Å². The van der Waals surface area contributed by atoms with Crippen LogP contribution in [0.3, 0.4) is 0 Å². The van der Waals surface area contributed by atoms with Crippen molar-refractivity contribution in [3.63, 3.8) is 0 Å².